The zero-order valence-corrected chi connectivity index (χ0v) is 15.3. The normalized spacial score (nSPS) is 21.5. The van der Waals surface area contributed by atoms with Gasteiger partial charge in [0.05, 0.1) is 12.5 Å². The number of rotatable bonds is 5. The van der Waals surface area contributed by atoms with Crippen LogP contribution in [-0.4, -0.2) is 64.5 Å². The van der Waals surface area contributed by atoms with Crippen molar-refractivity contribution >= 4 is 28.2 Å². The van der Waals surface area contributed by atoms with Gasteiger partial charge in [-0.15, -0.1) is 4.28 Å². The number of urea groups is 1. The third-order valence-corrected chi connectivity index (χ3v) is 4.78. The molecule has 28 heavy (non-hydrogen) atoms. The second kappa shape index (κ2) is 7.61. The molecule has 0 radical (unpaired) electrons. The van der Waals surface area contributed by atoms with Crippen molar-refractivity contribution in [3.63, 3.8) is 0 Å². The van der Waals surface area contributed by atoms with Crippen LogP contribution in [0.5, 0.6) is 5.75 Å². The van der Waals surface area contributed by atoms with Gasteiger partial charge in [-0.3, -0.25) is 25.0 Å². The Labute approximate surface area is 159 Å². The maximum atomic E-state index is 12.3. The van der Waals surface area contributed by atoms with Crippen LogP contribution in [0.15, 0.2) is 24.3 Å². The maximum absolute atomic E-state index is 12.3. The Morgan fingerprint density at radius 2 is 1.86 bits per heavy atom. The zero-order chi connectivity index (χ0) is 20.5. The molecule has 2 saturated heterocycles. The van der Waals surface area contributed by atoms with Crippen molar-refractivity contribution in [2.24, 2.45) is 0 Å². The van der Waals surface area contributed by atoms with Crippen LogP contribution in [0.3, 0.4) is 0 Å². The number of benzene rings is 1. The minimum absolute atomic E-state index is 0.0358. The Balaban J connectivity index is 1.54. The highest BCUT2D eigenvalue weighted by Crippen LogP contribution is 2.30. The number of carbonyl (C=O) groups is 3. The Bertz CT molecular complexity index is 888. The average molecular weight is 414 g/mol. The highest BCUT2D eigenvalue weighted by molar-refractivity contribution is 7.80. The molecule has 2 aliphatic rings. The van der Waals surface area contributed by atoms with Crippen LogP contribution in [0.1, 0.15) is 18.4 Å². The summed E-state index contributed by atoms with van der Waals surface area (Å²) in [4.78, 5) is 37.6. The number of nitrogens with zero attached hydrogens (tertiary/aromatic N) is 2. The summed E-state index contributed by atoms with van der Waals surface area (Å²) in [6.07, 6.45) is 0.463. The van der Waals surface area contributed by atoms with Gasteiger partial charge >= 0.3 is 16.4 Å². The molecule has 2 fully saturated rings. The molecule has 1 aromatic rings. The van der Waals surface area contributed by atoms with Gasteiger partial charge in [-0.1, -0.05) is 12.1 Å². The SMILES string of the molecule is O=C(Cc1ccc(O)cc1)NNC(=O)[C@@H]1CC[C@@H]2CN1C(=O)N2OS(=O)(=O)O. The molecule has 4 N–H and O–H groups in total. The molecular formula is C15H18N4O8S. The van der Waals surface area contributed by atoms with E-state index in [4.69, 9.17) is 4.55 Å². The number of phenols is 1. The molecule has 1 aromatic carbocycles. The van der Waals surface area contributed by atoms with Crippen LogP contribution < -0.4 is 10.9 Å². The minimum atomic E-state index is -4.87. The number of carbonyl (C=O) groups excluding carboxylic acids is 3. The number of fused-ring (bicyclic) bond motifs is 2. The molecule has 0 aliphatic carbocycles. The number of hydrogen-bond acceptors (Lipinski definition) is 7. The van der Waals surface area contributed by atoms with Crippen molar-refractivity contribution < 1.29 is 36.7 Å². The molecule has 0 unspecified atom stereocenters. The fourth-order valence-corrected chi connectivity index (χ4v) is 3.55. The number of hydroxylamine groups is 2. The first-order valence-corrected chi connectivity index (χ1v) is 9.64. The third-order valence-electron chi connectivity index (χ3n) is 4.43. The quantitative estimate of drug-likeness (QED) is 0.355. The van der Waals surface area contributed by atoms with Gasteiger partial charge in [0.25, 0.3) is 5.91 Å². The van der Waals surface area contributed by atoms with Crippen LogP contribution in [0.4, 0.5) is 4.79 Å². The first kappa shape index (κ1) is 19.9. The smallest absolute Gasteiger partial charge is 0.418 e. The van der Waals surface area contributed by atoms with E-state index in [1.807, 2.05) is 0 Å². The molecule has 0 aromatic heterocycles. The predicted octanol–water partition coefficient (Wildman–Crippen LogP) is -0.915. The lowest BCUT2D eigenvalue weighted by Crippen LogP contribution is -2.54. The van der Waals surface area contributed by atoms with Crippen molar-refractivity contribution in [1.82, 2.24) is 20.8 Å². The molecule has 0 saturated carbocycles. The highest BCUT2D eigenvalue weighted by Gasteiger charge is 2.49. The first-order valence-electron chi connectivity index (χ1n) is 8.27. The van der Waals surface area contributed by atoms with Gasteiger partial charge in [0.2, 0.25) is 5.91 Å². The number of nitrogens with one attached hydrogen (secondary N) is 2. The molecule has 4 amide bonds. The van der Waals surface area contributed by atoms with E-state index in [1.54, 1.807) is 12.1 Å². The van der Waals surface area contributed by atoms with Crippen LogP contribution in [0, 0.1) is 0 Å². The summed E-state index contributed by atoms with van der Waals surface area (Å²) in [6, 6.07) is 3.58. The average Bonchev–Trinajstić information content (AvgIpc) is 2.85. The van der Waals surface area contributed by atoms with Gasteiger partial charge in [-0.2, -0.15) is 13.5 Å². The summed E-state index contributed by atoms with van der Waals surface area (Å²) in [5.74, 6) is -1.08. The van der Waals surface area contributed by atoms with Crippen LogP contribution >= 0.6 is 0 Å². The summed E-state index contributed by atoms with van der Waals surface area (Å²) >= 11 is 0. The Hall–Kier alpha value is -2.90. The van der Waals surface area contributed by atoms with E-state index in [2.05, 4.69) is 15.1 Å². The standard InChI is InChI=1S/C15H18N4O8S/c20-11-4-1-9(2-5-11)7-13(21)16-17-14(22)12-6-3-10-8-18(12)15(23)19(10)27-28(24,25)26/h1-2,4-5,10,12,20H,3,6-8H2,(H,16,21)(H,17,22)(H,24,25,26)/t10-,12+/m1/s1. The molecule has 2 heterocycles. The lowest BCUT2D eigenvalue weighted by Gasteiger charge is -2.29. The second-order valence-corrected chi connectivity index (χ2v) is 7.40. The van der Waals surface area contributed by atoms with Gasteiger partial charge in [0, 0.05) is 6.54 Å². The van der Waals surface area contributed by atoms with Crippen LogP contribution in [-0.2, 0) is 30.7 Å². The van der Waals surface area contributed by atoms with E-state index in [0.29, 0.717) is 10.6 Å². The van der Waals surface area contributed by atoms with Gasteiger partial charge in [0.15, 0.2) is 0 Å². The van der Waals surface area contributed by atoms with Gasteiger partial charge in [-0.25, -0.2) is 4.79 Å². The summed E-state index contributed by atoms with van der Waals surface area (Å²) in [6.45, 7) is 0.0495. The Morgan fingerprint density at radius 1 is 1.18 bits per heavy atom. The number of aromatic hydroxyl groups is 1. The largest absolute Gasteiger partial charge is 0.508 e. The van der Waals surface area contributed by atoms with Crippen molar-refractivity contribution in [2.75, 3.05) is 6.54 Å². The fraction of sp³-hybridized carbons (Fsp3) is 0.400. The molecule has 12 nitrogen and oxygen atoms in total. The number of phenolic OH excluding ortho intramolecular Hbond substituents is 1. The van der Waals surface area contributed by atoms with Crippen molar-refractivity contribution in [2.45, 2.75) is 31.3 Å². The second-order valence-electron chi connectivity index (χ2n) is 6.39. The van der Waals surface area contributed by atoms with Gasteiger partial charge < -0.3 is 10.0 Å². The molecule has 0 spiro atoms. The first-order chi connectivity index (χ1) is 13.1. The lowest BCUT2D eigenvalue weighted by atomic mass is 10.0. The van der Waals surface area contributed by atoms with Gasteiger partial charge in [-0.05, 0) is 30.5 Å². The van der Waals surface area contributed by atoms with E-state index in [1.165, 1.54) is 12.1 Å². The lowest BCUT2D eigenvalue weighted by molar-refractivity contribution is -0.131. The molecule has 2 aliphatic heterocycles. The fourth-order valence-electron chi connectivity index (χ4n) is 3.16. The minimum Gasteiger partial charge on any atom is -0.508 e. The topological polar surface area (TPSA) is 166 Å². The predicted molar refractivity (Wildman–Crippen MR) is 91.5 cm³/mol. The number of hydrogen-bond donors (Lipinski definition) is 4. The molecule has 3 rings (SSSR count). The van der Waals surface area contributed by atoms with Crippen molar-refractivity contribution in [1.29, 1.82) is 0 Å². The summed E-state index contributed by atoms with van der Waals surface area (Å²) < 4.78 is 34.8. The molecular weight excluding hydrogens is 396 g/mol. The number of piperidine rings is 1. The number of hydrazine groups is 1. The monoisotopic (exact) mass is 414 g/mol. The molecule has 2 bridgehead atoms. The summed E-state index contributed by atoms with van der Waals surface area (Å²) in [5.41, 5.74) is 5.11. The van der Waals surface area contributed by atoms with E-state index < -0.39 is 40.3 Å². The molecule has 13 heteroatoms. The molecule has 2 atom stereocenters. The maximum Gasteiger partial charge on any atom is 0.418 e. The highest BCUT2D eigenvalue weighted by atomic mass is 32.3. The molecule has 152 valence electrons. The summed E-state index contributed by atoms with van der Waals surface area (Å²) in [7, 11) is -4.87. The van der Waals surface area contributed by atoms with E-state index in [-0.39, 0.29) is 31.6 Å². The van der Waals surface area contributed by atoms with Crippen LogP contribution in [0.2, 0.25) is 0 Å². The third kappa shape index (κ3) is 4.49. The van der Waals surface area contributed by atoms with E-state index >= 15 is 0 Å². The Kier molecular flexibility index (Phi) is 5.40. The summed E-state index contributed by atoms with van der Waals surface area (Å²) in [5, 5.41) is 9.75. The van der Waals surface area contributed by atoms with Gasteiger partial charge in [0.1, 0.15) is 11.8 Å². The van der Waals surface area contributed by atoms with Crippen LogP contribution in [0.25, 0.3) is 0 Å². The van der Waals surface area contributed by atoms with E-state index in [9.17, 15) is 27.9 Å². The number of amides is 4. The van der Waals surface area contributed by atoms with Crippen molar-refractivity contribution in [3.8, 4) is 5.75 Å². The zero-order valence-electron chi connectivity index (χ0n) is 14.4. The Morgan fingerprint density at radius 3 is 2.50 bits per heavy atom. The van der Waals surface area contributed by atoms with E-state index in [0.717, 1.165) is 4.90 Å². The van der Waals surface area contributed by atoms with Crippen molar-refractivity contribution in [3.05, 3.63) is 29.8 Å².